The molecule has 0 aliphatic heterocycles. The third-order valence-electron chi connectivity index (χ3n) is 15.3. The van der Waals surface area contributed by atoms with Crippen LogP contribution in [0.15, 0.2) is 260 Å². The van der Waals surface area contributed by atoms with Crippen molar-refractivity contribution in [1.29, 1.82) is 0 Å². The van der Waals surface area contributed by atoms with Gasteiger partial charge >= 0.3 is 17.9 Å². The molecule has 12 rings (SSSR count). The van der Waals surface area contributed by atoms with Crippen LogP contribution in [0.1, 0.15) is 6.92 Å². The maximum atomic E-state index is 13.9. The summed E-state index contributed by atoms with van der Waals surface area (Å²) in [6, 6.07) is 59.0. The summed E-state index contributed by atoms with van der Waals surface area (Å²) in [5, 5.41) is 72.9. The van der Waals surface area contributed by atoms with Crippen LogP contribution in [-0.2, 0) is 44.5 Å². The van der Waals surface area contributed by atoms with E-state index in [1.165, 1.54) is 66.7 Å². The fourth-order valence-corrected chi connectivity index (χ4v) is 16.0. The maximum absolute atomic E-state index is 13.9. The highest BCUT2D eigenvalue weighted by Crippen LogP contribution is 2.45. The zero-order valence-electron chi connectivity index (χ0n) is 54.0. The van der Waals surface area contributed by atoms with Crippen molar-refractivity contribution in [2.24, 2.45) is 0 Å². The van der Waals surface area contributed by atoms with Crippen LogP contribution >= 0.6 is 35.3 Å². The number of aromatic hydroxyl groups is 3. The number of phenolic OH excluding ortho intramolecular Hbond substituents is 3. The summed E-state index contributed by atoms with van der Waals surface area (Å²) in [6.45, 7) is 2.07. The first-order valence-electron chi connectivity index (χ1n) is 30.7. The molecule has 0 aliphatic rings. The molecule has 30 heteroatoms. The summed E-state index contributed by atoms with van der Waals surface area (Å²) in [6.07, 6.45) is 0. The molecule has 0 aromatic heterocycles. The minimum absolute atomic E-state index is 0.00436. The number of nitro groups is 1. The number of halogens is 2. The number of carboxylic acid groups (broad SMARTS) is 3. The molecule has 104 heavy (non-hydrogen) atoms. The van der Waals surface area contributed by atoms with Gasteiger partial charge in [0.1, 0.15) is 23.1 Å². The van der Waals surface area contributed by atoms with E-state index in [-0.39, 0.29) is 87.4 Å². The second-order valence-electron chi connectivity index (χ2n) is 22.3. The van der Waals surface area contributed by atoms with Gasteiger partial charge in [-0.3, -0.25) is 38.7 Å². The zero-order chi connectivity index (χ0) is 74.6. The highest BCUT2D eigenvalue weighted by Gasteiger charge is 2.26. The number of hydrogen-bond acceptors (Lipinski definition) is 18. The van der Waals surface area contributed by atoms with E-state index in [1.54, 1.807) is 116 Å². The van der Waals surface area contributed by atoms with E-state index in [9.17, 15) is 73.9 Å². The highest BCUT2D eigenvalue weighted by molar-refractivity contribution is 8.00. The average molecular weight is 1520 g/mol. The second-order valence-corrected chi connectivity index (χ2v) is 30.4. The number of nitrogens with one attached hydrogen (secondary N) is 3. The molecule has 0 saturated carbocycles. The van der Waals surface area contributed by atoms with E-state index in [0.29, 0.717) is 55.6 Å². The van der Waals surface area contributed by atoms with Crippen LogP contribution in [0.2, 0.25) is 0 Å². The largest absolute Gasteiger partial charge is 0.506 e. The number of sulfonamides is 3. The molecular weight excluding hydrogens is 1460 g/mol. The molecule has 0 unspecified atom stereocenters. The number of benzene rings is 12. The Bertz CT molecular complexity index is 5650. The molecule has 0 saturated heterocycles. The third-order valence-corrected chi connectivity index (χ3v) is 22.5. The Morgan fingerprint density at radius 2 is 0.788 bits per heavy atom. The van der Waals surface area contributed by atoms with Gasteiger partial charge < -0.3 is 35.4 Å². The maximum Gasteiger partial charge on any atom is 0.313 e. The number of rotatable bonds is 24. The molecule has 0 heterocycles. The Morgan fingerprint density at radius 3 is 1.22 bits per heavy atom. The van der Waals surface area contributed by atoms with Crippen molar-refractivity contribution in [2.45, 2.75) is 36.3 Å². The normalized spacial score (nSPS) is 11.4. The fourth-order valence-electron chi connectivity index (χ4n) is 10.6. The van der Waals surface area contributed by atoms with Gasteiger partial charge in [-0.1, -0.05) is 146 Å². The van der Waals surface area contributed by atoms with Crippen LogP contribution in [0.3, 0.4) is 0 Å². The summed E-state index contributed by atoms with van der Waals surface area (Å²) in [7, 11) is -12.3. The van der Waals surface area contributed by atoms with E-state index >= 15 is 0 Å². The van der Waals surface area contributed by atoms with E-state index in [1.807, 2.05) is 36.4 Å². The SMILES string of the molecule is CCOc1cc(-c2ccc(S(=O)(=O)Nc3cc(SCC(=O)O)c(O)c4ccccc34)cc2)ccc1F.O=C(O)CSc1cc(NS(=O)(=O)c2ccc(-c3ccc(F)cc3)c([N+](=O)[O-])c2)c2ccccc2c1O.O=C(O)CSc1cc(NS(=O)(=O)c2cccc(-c3ccccc3)c2)c2ccccc2c1O. The second kappa shape index (κ2) is 32.7. The van der Waals surface area contributed by atoms with Crippen LogP contribution in [0, 0.1) is 21.7 Å². The first-order valence-corrected chi connectivity index (χ1v) is 38.1. The number of ether oxygens (including phenoxy) is 1. The van der Waals surface area contributed by atoms with Gasteiger partial charge in [-0.25, -0.2) is 34.0 Å². The molecule has 0 bridgehead atoms. The first-order chi connectivity index (χ1) is 49.6. The number of nitrogens with zero attached hydrogens (tertiary/aromatic N) is 1. The number of anilines is 3. The number of hydrogen-bond donors (Lipinski definition) is 9. The van der Waals surface area contributed by atoms with E-state index in [0.717, 1.165) is 64.6 Å². The number of phenols is 3. The minimum atomic E-state index is -4.35. The third kappa shape index (κ3) is 18.1. The lowest BCUT2D eigenvalue weighted by atomic mass is 10.0. The molecule has 12 aromatic carbocycles. The number of carbonyl (C=O) groups is 3. The van der Waals surface area contributed by atoms with Crippen LogP contribution in [0.25, 0.3) is 65.7 Å². The summed E-state index contributed by atoms with van der Waals surface area (Å²) < 4.78 is 119. The van der Waals surface area contributed by atoms with Crippen LogP contribution < -0.4 is 18.9 Å². The fraction of sp³-hybridized carbons (Fsp3) is 0.0676. The number of fused-ring (bicyclic) bond motifs is 3. The van der Waals surface area contributed by atoms with Gasteiger partial charge in [-0.05, 0) is 114 Å². The van der Waals surface area contributed by atoms with E-state index < -0.39 is 75.1 Å². The molecule has 0 radical (unpaired) electrons. The zero-order valence-corrected chi connectivity index (χ0v) is 58.9. The molecule has 0 aliphatic carbocycles. The van der Waals surface area contributed by atoms with Gasteiger partial charge in [0.15, 0.2) is 11.6 Å². The van der Waals surface area contributed by atoms with Crippen molar-refractivity contribution < 1.29 is 88.7 Å². The van der Waals surface area contributed by atoms with Crippen molar-refractivity contribution in [1.82, 2.24) is 0 Å². The summed E-state index contributed by atoms with van der Waals surface area (Å²) >= 11 is 2.62. The molecule has 0 fully saturated rings. The van der Waals surface area contributed by atoms with Gasteiger partial charge in [0.2, 0.25) is 0 Å². The molecule has 12 aromatic rings. The Hall–Kier alpha value is -11.4. The molecule has 9 N–H and O–H groups in total. The lowest BCUT2D eigenvalue weighted by Gasteiger charge is -2.15. The van der Waals surface area contributed by atoms with E-state index in [2.05, 4.69) is 14.2 Å². The van der Waals surface area contributed by atoms with Crippen molar-refractivity contribution in [3.05, 3.63) is 252 Å². The monoisotopic (exact) mass is 1520 g/mol. The molecular formula is C74H58F2N4O18S6. The topological polar surface area (TPSA) is 363 Å². The van der Waals surface area contributed by atoms with Gasteiger partial charge in [-0.15, -0.1) is 35.3 Å². The summed E-state index contributed by atoms with van der Waals surface area (Å²) in [5.41, 5.74) is 3.49. The summed E-state index contributed by atoms with van der Waals surface area (Å²) in [5.74, 6) is -5.44. The smallest absolute Gasteiger partial charge is 0.313 e. The number of thioether (sulfide) groups is 3. The highest BCUT2D eigenvalue weighted by atomic mass is 32.2. The van der Waals surface area contributed by atoms with Gasteiger partial charge in [0, 0.05) is 38.4 Å². The predicted octanol–water partition coefficient (Wildman–Crippen LogP) is 16.2. The average Bonchev–Trinajstić information content (AvgIpc) is 0.785. The Labute approximate surface area is 606 Å². The van der Waals surface area contributed by atoms with Crippen molar-refractivity contribution in [3.8, 4) is 56.4 Å². The van der Waals surface area contributed by atoms with Crippen LogP contribution in [0.4, 0.5) is 31.5 Å². The quantitative estimate of drug-likeness (QED) is 0.0117. The van der Waals surface area contributed by atoms with Crippen molar-refractivity contribution >= 4 is 138 Å². The Balaban J connectivity index is 0.000000168. The molecule has 532 valence electrons. The molecule has 0 atom stereocenters. The lowest BCUT2D eigenvalue weighted by Crippen LogP contribution is -2.14. The summed E-state index contributed by atoms with van der Waals surface area (Å²) in [4.78, 5) is 44.3. The Morgan fingerprint density at radius 1 is 0.423 bits per heavy atom. The standard InChI is InChI=1S/C26H22FNO6S2.C24H17FN2O7S2.C24H19NO5S2/c1-2-34-23-13-17(9-12-21(23)27)16-7-10-18(11-8-16)36(32,33)28-22-14-24(35-15-25(29)30)26(31)20-6-4-3-5-19(20)22;25-15-7-5-14(6-8-15)17-10-9-16(11-21(17)27(31)32)36(33,34)26-20-12-22(35-13-23(28)29)24(30)19-4-2-1-3-18(19)20;26-23(27)15-31-22-14-21(19-11-4-5-12-20(19)24(22)28)25-32(29,30)18-10-6-9-17(13-18)16-7-2-1-3-8-16/h3-14,28,31H,2,15H2,1H3,(H,29,30);1-12,26,30H,13H2,(H,28,29);1-14,25,28H,15H2,(H,26,27). The lowest BCUT2D eigenvalue weighted by molar-refractivity contribution is -0.384. The molecule has 0 amide bonds. The Kier molecular flexibility index (Phi) is 23.7. The number of nitro benzene ring substituents is 1. The minimum Gasteiger partial charge on any atom is -0.506 e. The number of aliphatic carboxylic acids is 3. The van der Waals surface area contributed by atoms with Gasteiger partial charge in [0.25, 0.3) is 35.8 Å². The molecule has 0 spiro atoms. The first kappa shape index (κ1) is 75.3. The van der Waals surface area contributed by atoms with E-state index in [4.69, 9.17) is 20.1 Å². The van der Waals surface area contributed by atoms with Gasteiger partial charge in [0.05, 0.1) is 80.8 Å². The van der Waals surface area contributed by atoms with Crippen LogP contribution in [-0.4, -0.2) is 103 Å². The molecule has 22 nitrogen and oxygen atoms in total. The number of carboxylic acids is 3. The van der Waals surface area contributed by atoms with Crippen LogP contribution in [0.5, 0.6) is 23.0 Å². The van der Waals surface area contributed by atoms with Gasteiger partial charge in [-0.2, -0.15) is 0 Å². The predicted molar refractivity (Wildman–Crippen MR) is 398 cm³/mol. The van der Waals surface area contributed by atoms with Crippen molar-refractivity contribution in [3.63, 3.8) is 0 Å². The van der Waals surface area contributed by atoms with Crippen molar-refractivity contribution in [2.75, 3.05) is 38.0 Å².